The summed E-state index contributed by atoms with van der Waals surface area (Å²) in [6, 6.07) is 0. The smallest absolute Gasteiger partial charge is 0.411 e. The molecule has 0 amide bonds. The number of phosphoric acid groups is 1. The zero-order valence-corrected chi connectivity index (χ0v) is 41.9. The summed E-state index contributed by atoms with van der Waals surface area (Å²) in [4.78, 5) is 84.8. The lowest BCUT2D eigenvalue weighted by Gasteiger charge is -2.28. The van der Waals surface area contributed by atoms with E-state index in [1.165, 1.54) is 20.8 Å². The third-order valence-electron chi connectivity index (χ3n) is 13.1. The number of oxime groups is 3. The van der Waals surface area contributed by atoms with Gasteiger partial charge in [0.25, 0.3) is 16.7 Å². The van der Waals surface area contributed by atoms with Gasteiger partial charge in [-0.15, -0.1) is 0 Å². The van der Waals surface area contributed by atoms with Gasteiger partial charge in [-0.2, -0.15) is 0 Å². The predicted octanol–water partition coefficient (Wildman–Crippen LogP) is -0.603. The van der Waals surface area contributed by atoms with Crippen molar-refractivity contribution in [3.05, 3.63) is 96.3 Å². The third kappa shape index (κ3) is 9.60. The molecule has 6 N–H and O–H groups in total. The molecule has 0 aromatic carbocycles. The standard InChI is InChI=1S/C42H54N9O22P/c1-16-19(10-43-58)49(37(55)46-31(16)52)34-28-25(68-40(4,5)71-28)22(65-34)13-62-74(61,63-14-23-26-29(72-41(6,7)69-26)35(66-23)50-20(11-44-59)17(2)32(53)47-38(50)56)64-15-24-27-30(73-42(8,9)70-27)36(67-24)51-21(12-45-60)18(3)33(54)48-39(51)57/h10-12,22-30,34-36,58-60H,13-15H2,1-9H3,(H,46,52,55)(H,47,53,56)(H,48,54,57)/b43-10+,44-11+,45-12+/t22-,23-,24-,25-,26-,27-,28-,29-,30-,34-,35-,36-/m1/s1. The zero-order valence-electron chi connectivity index (χ0n) is 41.0. The van der Waals surface area contributed by atoms with E-state index in [0.29, 0.717) is 0 Å². The molecule has 404 valence electrons. The number of hydrogen-bond acceptors (Lipinski definition) is 25. The maximum atomic E-state index is 15.4. The average Bonchev–Trinajstić information content (AvgIpc) is 4.14. The van der Waals surface area contributed by atoms with E-state index in [1.54, 1.807) is 41.5 Å². The van der Waals surface area contributed by atoms with Crippen molar-refractivity contribution in [3.8, 4) is 0 Å². The molecule has 0 saturated carbocycles. The molecule has 0 aliphatic carbocycles. The van der Waals surface area contributed by atoms with Crippen LogP contribution in [-0.2, 0) is 60.8 Å². The van der Waals surface area contributed by atoms with E-state index in [0.717, 1.165) is 32.3 Å². The van der Waals surface area contributed by atoms with Crippen LogP contribution in [0.25, 0.3) is 0 Å². The van der Waals surface area contributed by atoms with Crippen molar-refractivity contribution in [2.45, 2.75) is 153 Å². The first-order valence-corrected chi connectivity index (χ1v) is 24.4. The van der Waals surface area contributed by atoms with Crippen LogP contribution in [0.4, 0.5) is 0 Å². The Kier molecular flexibility index (Phi) is 13.9. The number of H-pyrrole nitrogens is 3. The van der Waals surface area contributed by atoms with Crippen LogP contribution < -0.4 is 33.7 Å². The van der Waals surface area contributed by atoms with Crippen LogP contribution in [0.1, 0.15) is 94.0 Å². The van der Waals surface area contributed by atoms with Crippen molar-refractivity contribution >= 4 is 26.5 Å². The summed E-state index contributed by atoms with van der Waals surface area (Å²) in [5, 5.41) is 37.6. The minimum atomic E-state index is -5.03. The molecule has 32 heteroatoms. The average molecular weight is 1070 g/mol. The van der Waals surface area contributed by atoms with Crippen molar-refractivity contribution in [1.82, 2.24) is 28.7 Å². The minimum absolute atomic E-state index is 0.0133. The molecule has 9 rings (SSSR count). The highest BCUT2D eigenvalue weighted by atomic mass is 31.2. The van der Waals surface area contributed by atoms with Crippen molar-refractivity contribution in [2.24, 2.45) is 15.5 Å². The van der Waals surface area contributed by atoms with E-state index in [4.69, 9.17) is 56.2 Å². The molecule has 6 saturated heterocycles. The Labute approximate surface area is 415 Å². The van der Waals surface area contributed by atoms with E-state index in [9.17, 15) is 44.4 Å². The fourth-order valence-corrected chi connectivity index (χ4v) is 11.2. The Bertz CT molecular complexity index is 2880. The van der Waals surface area contributed by atoms with Crippen molar-refractivity contribution < 1.29 is 76.4 Å². The van der Waals surface area contributed by atoms with E-state index < -0.39 is 152 Å². The normalized spacial score (nSPS) is 31.9. The van der Waals surface area contributed by atoms with Gasteiger partial charge in [0.15, 0.2) is 36.0 Å². The molecule has 0 bridgehead atoms. The fraction of sp³-hybridized carbons (Fsp3) is 0.643. The lowest BCUT2D eigenvalue weighted by molar-refractivity contribution is -0.203. The maximum Gasteiger partial charge on any atom is 0.475 e. The van der Waals surface area contributed by atoms with Gasteiger partial charge < -0.3 is 58.3 Å². The van der Waals surface area contributed by atoms with Crippen LogP contribution in [0.15, 0.2) is 44.2 Å². The molecule has 3 aromatic rings. The summed E-state index contributed by atoms with van der Waals surface area (Å²) in [6.07, 6.45) is -11.7. The van der Waals surface area contributed by atoms with Crippen LogP contribution in [0.2, 0.25) is 0 Å². The van der Waals surface area contributed by atoms with Gasteiger partial charge in [-0.3, -0.25) is 56.6 Å². The molecule has 0 radical (unpaired) electrons. The first kappa shape index (κ1) is 53.0. The second-order valence-corrected chi connectivity index (χ2v) is 21.0. The Morgan fingerprint density at radius 1 is 0.486 bits per heavy atom. The summed E-state index contributed by atoms with van der Waals surface area (Å²) >= 11 is 0. The van der Waals surface area contributed by atoms with Gasteiger partial charge in [0.2, 0.25) is 0 Å². The first-order chi connectivity index (χ1) is 34.8. The van der Waals surface area contributed by atoms with Gasteiger partial charge >= 0.3 is 24.9 Å². The number of fused-ring (bicyclic) bond motifs is 3. The van der Waals surface area contributed by atoms with Gasteiger partial charge in [-0.05, 0) is 62.3 Å². The second kappa shape index (κ2) is 19.4. The molecule has 0 unspecified atom stereocenters. The number of aromatic nitrogens is 6. The van der Waals surface area contributed by atoms with Gasteiger partial charge in [-0.1, -0.05) is 15.5 Å². The van der Waals surface area contributed by atoms with E-state index >= 15 is 4.57 Å². The Morgan fingerprint density at radius 2 is 0.730 bits per heavy atom. The molecule has 31 nitrogen and oxygen atoms in total. The molecular weight excluding hydrogens is 1010 g/mol. The van der Waals surface area contributed by atoms with Crippen molar-refractivity contribution in [1.29, 1.82) is 0 Å². The van der Waals surface area contributed by atoms with Crippen LogP contribution in [0.5, 0.6) is 0 Å². The molecule has 6 aliphatic heterocycles. The highest BCUT2D eigenvalue weighted by Crippen LogP contribution is 2.54. The first-order valence-electron chi connectivity index (χ1n) is 23.0. The number of nitrogens with one attached hydrogen (secondary N) is 3. The SMILES string of the molecule is Cc1c(/C=N/O)n([C@@H]2O[C@H](COP(=O)(OC[C@H]3O[C@@H](n4c(/C=N/O)c(C)c(=O)[nH]c4=O)[C@@H]4OC(C)(C)O[C@@H]43)OC[C@H]3O[C@@H](n4c(/C=N/O)c(C)c(=O)[nH]c4=O)[C@@H]4OC(C)(C)O[C@@H]43)[C@H]3OC(C)(C)O[C@H]32)c(=O)[nH]c1=O. The Morgan fingerprint density at radius 3 is 0.973 bits per heavy atom. The van der Waals surface area contributed by atoms with Gasteiger partial charge in [-0.25, -0.2) is 18.9 Å². The number of phosphoric ester groups is 1. The molecule has 6 aliphatic rings. The molecule has 9 heterocycles. The van der Waals surface area contributed by atoms with Crippen LogP contribution in [-0.4, -0.2) is 155 Å². The van der Waals surface area contributed by atoms with Crippen molar-refractivity contribution in [2.75, 3.05) is 19.8 Å². The Hall–Kier alpha value is -5.80. The van der Waals surface area contributed by atoms with Crippen LogP contribution in [0.3, 0.4) is 0 Å². The molecule has 3 aromatic heterocycles. The molecule has 0 spiro atoms. The van der Waals surface area contributed by atoms with Crippen LogP contribution >= 0.6 is 7.82 Å². The molecule has 6 fully saturated rings. The minimum Gasteiger partial charge on any atom is -0.411 e. The quantitative estimate of drug-likeness (QED) is 0.0479. The fourth-order valence-electron chi connectivity index (χ4n) is 9.98. The number of aromatic amines is 3. The molecular formula is C42H54N9O22P. The summed E-state index contributed by atoms with van der Waals surface area (Å²) in [5.41, 5.74) is -5.61. The summed E-state index contributed by atoms with van der Waals surface area (Å²) in [5.74, 6) is -3.88. The largest absolute Gasteiger partial charge is 0.475 e. The summed E-state index contributed by atoms with van der Waals surface area (Å²) < 4.78 is 92.7. The number of ether oxygens (including phenoxy) is 9. The van der Waals surface area contributed by atoms with Crippen molar-refractivity contribution in [3.63, 3.8) is 0 Å². The highest BCUT2D eigenvalue weighted by Gasteiger charge is 2.60. The lowest BCUT2D eigenvalue weighted by Crippen LogP contribution is -2.41. The highest BCUT2D eigenvalue weighted by molar-refractivity contribution is 7.48. The monoisotopic (exact) mass is 1070 g/mol. The molecule has 12 atom stereocenters. The zero-order chi connectivity index (χ0) is 53.6. The number of hydrogen-bond donors (Lipinski definition) is 6. The van der Waals surface area contributed by atoms with E-state index in [1.807, 2.05) is 0 Å². The maximum absolute atomic E-state index is 15.4. The summed E-state index contributed by atoms with van der Waals surface area (Å²) in [7, 11) is -5.03. The van der Waals surface area contributed by atoms with Gasteiger partial charge in [0.1, 0.15) is 54.9 Å². The summed E-state index contributed by atoms with van der Waals surface area (Å²) in [6.45, 7) is 11.7. The number of rotatable bonds is 15. The third-order valence-corrected chi connectivity index (χ3v) is 14.5. The number of nitrogens with zero attached hydrogens (tertiary/aromatic N) is 6. The van der Waals surface area contributed by atoms with Gasteiger partial charge in [0.05, 0.1) is 55.5 Å². The molecule has 74 heavy (non-hydrogen) atoms. The van der Waals surface area contributed by atoms with E-state index in [-0.39, 0.29) is 33.8 Å². The predicted molar refractivity (Wildman–Crippen MR) is 245 cm³/mol. The van der Waals surface area contributed by atoms with Crippen LogP contribution in [0, 0.1) is 20.8 Å². The topological polar surface area (TPSA) is 390 Å². The lowest BCUT2D eigenvalue weighted by atomic mass is 10.1. The Balaban J connectivity index is 1.05. The van der Waals surface area contributed by atoms with E-state index in [2.05, 4.69) is 30.4 Å². The second-order valence-electron chi connectivity index (χ2n) is 19.4. The van der Waals surface area contributed by atoms with Gasteiger partial charge in [0, 0.05) is 16.7 Å².